The van der Waals surface area contributed by atoms with Crippen molar-refractivity contribution >= 4 is 21.6 Å². The zero-order valence-corrected chi connectivity index (χ0v) is 9.03. The van der Waals surface area contributed by atoms with Gasteiger partial charge in [-0.25, -0.2) is 0 Å². The molecule has 0 saturated heterocycles. The molecule has 0 unspecified atom stereocenters. The minimum atomic E-state index is 0.927. The van der Waals surface area contributed by atoms with E-state index >= 15 is 0 Å². The molecule has 13 heavy (non-hydrogen) atoms. The molecule has 3 heteroatoms. The predicted molar refractivity (Wildman–Crippen MR) is 58.4 cm³/mol. The van der Waals surface area contributed by atoms with Crippen LogP contribution in [-0.4, -0.2) is 18.6 Å². The van der Waals surface area contributed by atoms with Crippen molar-refractivity contribution in [3.05, 3.63) is 41.1 Å². The van der Waals surface area contributed by atoms with Gasteiger partial charge in [0.25, 0.3) is 0 Å². The van der Waals surface area contributed by atoms with E-state index < -0.39 is 0 Å². The molecule has 1 aromatic carbocycles. The summed E-state index contributed by atoms with van der Waals surface area (Å²) in [5.41, 5.74) is 1.22. The van der Waals surface area contributed by atoms with Crippen molar-refractivity contribution in [2.45, 2.75) is 0 Å². The van der Waals surface area contributed by atoms with Gasteiger partial charge in [-0.15, -0.1) is 0 Å². The highest BCUT2D eigenvalue weighted by Gasteiger charge is 2.09. The Morgan fingerprint density at radius 2 is 2.15 bits per heavy atom. The molecule has 0 saturated carbocycles. The fourth-order valence-corrected chi connectivity index (χ4v) is 1.74. The summed E-state index contributed by atoms with van der Waals surface area (Å²) >= 11 is 3.46. The second-order valence-electron chi connectivity index (χ2n) is 3.15. The molecule has 0 bridgehead atoms. The van der Waals surface area contributed by atoms with Gasteiger partial charge in [-0.1, -0.05) is 22.0 Å². The molecule has 2 rings (SSSR count). The van der Waals surface area contributed by atoms with Gasteiger partial charge in [-0.3, -0.25) is 0 Å². The Morgan fingerprint density at radius 3 is 2.77 bits per heavy atom. The van der Waals surface area contributed by atoms with E-state index in [9.17, 15) is 0 Å². The van der Waals surface area contributed by atoms with Gasteiger partial charge in [0.15, 0.2) is 0 Å². The van der Waals surface area contributed by atoms with Gasteiger partial charge in [0, 0.05) is 29.6 Å². The number of rotatable bonds is 1. The third-order valence-electron chi connectivity index (χ3n) is 2.02. The summed E-state index contributed by atoms with van der Waals surface area (Å²) in [5.74, 6) is 0. The normalized spacial score (nSPS) is 15.5. The second kappa shape index (κ2) is 3.42. The Balaban J connectivity index is 2.22. The van der Waals surface area contributed by atoms with E-state index in [-0.39, 0.29) is 0 Å². The highest BCUT2D eigenvalue weighted by atomic mass is 79.9. The smallest absolute Gasteiger partial charge is 0.0938 e. The zero-order chi connectivity index (χ0) is 9.26. The lowest BCUT2D eigenvalue weighted by molar-refractivity contribution is 0.495. The lowest BCUT2D eigenvalue weighted by Gasteiger charge is -2.18. The maximum atomic E-state index is 3.46. The van der Waals surface area contributed by atoms with E-state index in [4.69, 9.17) is 0 Å². The molecule has 1 aliphatic rings. The number of hydrogen-bond acceptors (Lipinski definition) is 2. The van der Waals surface area contributed by atoms with Crippen molar-refractivity contribution < 1.29 is 0 Å². The summed E-state index contributed by atoms with van der Waals surface area (Å²) in [4.78, 5) is 4.34. The van der Waals surface area contributed by atoms with Gasteiger partial charge in [0.1, 0.15) is 0 Å². The Labute approximate surface area is 86.6 Å². The van der Waals surface area contributed by atoms with Gasteiger partial charge in [0.05, 0.1) is 6.67 Å². The van der Waals surface area contributed by atoms with Crippen LogP contribution in [0.4, 0.5) is 5.69 Å². The number of halogens is 1. The van der Waals surface area contributed by atoms with E-state index in [1.54, 1.807) is 0 Å². The van der Waals surface area contributed by atoms with Crippen LogP contribution in [0.2, 0.25) is 0 Å². The summed E-state index contributed by atoms with van der Waals surface area (Å²) in [6, 6.07) is 8.30. The van der Waals surface area contributed by atoms with Crippen molar-refractivity contribution in [2.75, 3.05) is 18.6 Å². The molecule has 0 atom stereocenters. The lowest BCUT2D eigenvalue weighted by Crippen LogP contribution is -2.21. The number of nitrogens with zero attached hydrogens (tertiary/aromatic N) is 2. The molecule has 68 valence electrons. The first-order chi connectivity index (χ1) is 6.25. The topological polar surface area (TPSA) is 6.48 Å². The quantitative estimate of drug-likeness (QED) is 0.743. The summed E-state index contributed by atoms with van der Waals surface area (Å²) in [6.45, 7) is 0.927. The zero-order valence-electron chi connectivity index (χ0n) is 7.44. The van der Waals surface area contributed by atoms with Crippen LogP contribution >= 0.6 is 15.9 Å². The average molecular weight is 239 g/mol. The van der Waals surface area contributed by atoms with Gasteiger partial charge in [0.2, 0.25) is 0 Å². The highest BCUT2D eigenvalue weighted by Crippen LogP contribution is 2.22. The molecular formula is C10H11BrN2. The van der Waals surface area contributed by atoms with Crippen molar-refractivity contribution in [1.29, 1.82) is 0 Å². The molecule has 0 fully saturated rings. The summed E-state index contributed by atoms with van der Waals surface area (Å²) in [7, 11) is 2.06. The molecule has 2 nitrogen and oxygen atoms in total. The molecule has 0 amide bonds. The molecule has 0 radical (unpaired) electrons. The first kappa shape index (κ1) is 8.63. The highest BCUT2D eigenvalue weighted by molar-refractivity contribution is 9.10. The van der Waals surface area contributed by atoms with Gasteiger partial charge < -0.3 is 9.80 Å². The predicted octanol–water partition coefficient (Wildman–Crippen LogP) is 2.63. The molecule has 0 spiro atoms. The minimum Gasteiger partial charge on any atom is -0.361 e. The molecular weight excluding hydrogens is 228 g/mol. The van der Waals surface area contributed by atoms with E-state index in [0.717, 1.165) is 11.1 Å². The van der Waals surface area contributed by atoms with Gasteiger partial charge in [-0.05, 0) is 18.2 Å². The summed E-state index contributed by atoms with van der Waals surface area (Å²) in [5, 5.41) is 0. The van der Waals surface area contributed by atoms with Gasteiger partial charge in [-0.2, -0.15) is 0 Å². The minimum absolute atomic E-state index is 0.927. The van der Waals surface area contributed by atoms with Crippen LogP contribution in [0.5, 0.6) is 0 Å². The number of benzene rings is 1. The van der Waals surface area contributed by atoms with E-state index in [2.05, 4.69) is 57.3 Å². The Morgan fingerprint density at radius 1 is 1.31 bits per heavy atom. The first-order valence-corrected chi connectivity index (χ1v) is 4.96. The number of hydrogen-bond donors (Lipinski definition) is 0. The van der Waals surface area contributed by atoms with E-state index in [1.807, 2.05) is 12.1 Å². The Bertz CT molecular complexity index is 335. The maximum absolute atomic E-state index is 3.46. The van der Waals surface area contributed by atoms with Crippen LogP contribution in [0.1, 0.15) is 0 Å². The maximum Gasteiger partial charge on any atom is 0.0938 e. The van der Waals surface area contributed by atoms with Crippen LogP contribution in [0.3, 0.4) is 0 Å². The first-order valence-electron chi connectivity index (χ1n) is 4.16. The summed E-state index contributed by atoms with van der Waals surface area (Å²) < 4.78 is 1.12. The molecule has 1 heterocycles. The third-order valence-corrected chi connectivity index (χ3v) is 2.51. The van der Waals surface area contributed by atoms with Crippen LogP contribution in [0.25, 0.3) is 0 Å². The largest absolute Gasteiger partial charge is 0.361 e. The van der Waals surface area contributed by atoms with Crippen molar-refractivity contribution in [3.8, 4) is 0 Å². The van der Waals surface area contributed by atoms with Crippen molar-refractivity contribution in [3.63, 3.8) is 0 Å². The van der Waals surface area contributed by atoms with E-state index in [1.165, 1.54) is 5.69 Å². The van der Waals surface area contributed by atoms with Crippen molar-refractivity contribution in [1.82, 2.24) is 4.90 Å². The molecule has 1 aliphatic heterocycles. The molecule has 0 N–H and O–H groups in total. The van der Waals surface area contributed by atoms with Crippen LogP contribution in [0.15, 0.2) is 41.1 Å². The van der Waals surface area contributed by atoms with E-state index in [0.29, 0.717) is 0 Å². The van der Waals surface area contributed by atoms with Crippen LogP contribution in [-0.2, 0) is 0 Å². The SMILES string of the molecule is CN1C=CN(c2cccc(Br)c2)C1. The second-order valence-corrected chi connectivity index (χ2v) is 4.06. The Hall–Kier alpha value is -0.960. The molecule has 1 aromatic rings. The standard InChI is InChI=1S/C10H11BrN2/c1-12-5-6-13(8-12)10-4-2-3-9(11)7-10/h2-7H,8H2,1H3. The monoisotopic (exact) mass is 238 g/mol. The molecule has 0 aromatic heterocycles. The fourth-order valence-electron chi connectivity index (χ4n) is 1.35. The van der Waals surface area contributed by atoms with Crippen LogP contribution in [0, 0.1) is 0 Å². The number of anilines is 1. The molecule has 0 aliphatic carbocycles. The third kappa shape index (κ3) is 1.86. The van der Waals surface area contributed by atoms with Crippen LogP contribution < -0.4 is 4.90 Å². The van der Waals surface area contributed by atoms with Crippen molar-refractivity contribution in [2.24, 2.45) is 0 Å². The average Bonchev–Trinajstić information content (AvgIpc) is 2.52. The summed E-state index contributed by atoms with van der Waals surface area (Å²) in [6.07, 6.45) is 4.16. The van der Waals surface area contributed by atoms with Gasteiger partial charge >= 0.3 is 0 Å². The Kier molecular flexibility index (Phi) is 2.27. The lowest BCUT2D eigenvalue weighted by atomic mass is 10.3. The fraction of sp³-hybridized carbons (Fsp3) is 0.200.